The fourth-order valence-corrected chi connectivity index (χ4v) is 2.19. The number of nitrogens with zero attached hydrogens (tertiary/aromatic N) is 3. The summed E-state index contributed by atoms with van der Waals surface area (Å²) < 4.78 is 5.45. The van der Waals surface area contributed by atoms with E-state index in [0.29, 0.717) is 18.8 Å². The van der Waals surface area contributed by atoms with Gasteiger partial charge in [-0.3, -0.25) is 10.1 Å². The first-order valence-corrected chi connectivity index (χ1v) is 6.56. The highest BCUT2D eigenvalue weighted by molar-refractivity contribution is 6.31. The van der Waals surface area contributed by atoms with Crippen LogP contribution >= 0.6 is 11.6 Å². The van der Waals surface area contributed by atoms with Crippen LogP contribution in [0.5, 0.6) is 0 Å². The minimum absolute atomic E-state index is 0.0680. The molecule has 19 heavy (non-hydrogen) atoms. The molecule has 0 aromatic carbocycles. The van der Waals surface area contributed by atoms with Gasteiger partial charge in [-0.2, -0.15) is 0 Å². The molecule has 0 spiro atoms. The zero-order chi connectivity index (χ0) is 13.8. The molecular weight excluding hydrogens is 272 g/mol. The summed E-state index contributed by atoms with van der Waals surface area (Å²) in [6.45, 7) is 3.08. The van der Waals surface area contributed by atoms with Gasteiger partial charge in [0.2, 0.25) is 11.0 Å². The predicted molar refractivity (Wildman–Crippen MR) is 70.5 cm³/mol. The molecule has 0 amide bonds. The second-order valence-electron chi connectivity index (χ2n) is 4.25. The van der Waals surface area contributed by atoms with Crippen LogP contribution in [-0.2, 0) is 11.2 Å². The SMILES string of the molecule is CCc1nc(Cl)c([N+](=O)[O-])c(NCC2CCCO2)n1. The lowest BCUT2D eigenvalue weighted by Crippen LogP contribution is -2.20. The zero-order valence-corrected chi connectivity index (χ0v) is 11.3. The van der Waals surface area contributed by atoms with E-state index in [4.69, 9.17) is 16.3 Å². The predicted octanol–water partition coefficient (Wildman–Crippen LogP) is 2.19. The topological polar surface area (TPSA) is 90.2 Å². The second-order valence-corrected chi connectivity index (χ2v) is 4.61. The van der Waals surface area contributed by atoms with Gasteiger partial charge in [0.25, 0.3) is 0 Å². The Balaban J connectivity index is 2.20. The molecule has 2 heterocycles. The number of hydrogen-bond acceptors (Lipinski definition) is 6. The average molecular weight is 287 g/mol. The molecule has 1 aliphatic heterocycles. The van der Waals surface area contributed by atoms with Crippen molar-refractivity contribution < 1.29 is 9.66 Å². The van der Waals surface area contributed by atoms with E-state index >= 15 is 0 Å². The Bertz CT molecular complexity index is 477. The second kappa shape index (κ2) is 6.12. The van der Waals surface area contributed by atoms with Gasteiger partial charge in [-0.1, -0.05) is 18.5 Å². The van der Waals surface area contributed by atoms with Crippen LogP contribution in [0.1, 0.15) is 25.6 Å². The smallest absolute Gasteiger partial charge is 0.348 e. The lowest BCUT2D eigenvalue weighted by molar-refractivity contribution is -0.384. The molecule has 1 N–H and O–H groups in total. The molecule has 1 unspecified atom stereocenters. The van der Waals surface area contributed by atoms with Crippen LogP contribution in [0.15, 0.2) is 0 Å². The Morgan fingerprint density at radius 1 is 1.58 bits per heavy atom. The molecule has 2 rings (SSSR count). The summed E-state index contributed by atoms with van der Waals surface area (Å²) in [4.78, 5) is 18.5. The Labute approximate surface area is 115 Å². The molecule has 8 heteroatoms. The summed E-state index contributed by atoms with van der Waals surface area (Å²) in [6, 6.07) is 0. The number of aryl methyl sites for hydroxylation is 1. The molecule has 0 saturated carbocycles. The van der Waals surface area contributed by atoms with E-state index in [-0.39, 0.29) is 22.8 Å². The molecule has 0 aliphatic carbocycles. The van der Waals surface area contributed by atoms with Crippen LogP contribution in [-0.4, -0.2) is 34.1 Å². The van der Waals surface area contributed by atoms with Gasteiger partial charge in [0.05, 0.1) is 11.0 Å². The number of aromatic nitrogens is 2. The Hall–Kier alpha value is -1.47. The van der Waals surface area contributed by atoms with E-state index in [0.717, 1.165) is 19.4 Å². The first-order valence-electron chi connectivity index (χ1n) is 6.18. The minimum Gasteiger partial charge on any atom is -0.376 e. The number of nitrogens with one attached hydrogen (secondary N) is 1. The van der Waals surface area contributed by atoms with E-state index in [1.54, 1.807) is 0 Å². The third-order valence-corrected chi connectivity index (χ3v) is 3.17. The van der Waals surface area contributed by atoms with Crippen molar-refractivity contribution in [2.24, 2.45) is 0 Å². The summed E-state index contributed by atoms with van der Waals surface area (Å²) >= 11 is 5.84. The van der Waals surface area contributed by atoms with Gasteiger partial charge in [-0.15, -0.1) is 0 Å². The van der Waals surface area contributed by atoms with Gasteiger partial charge in [0.1, 0.15) is 5.82 Å². The Kier molecular flexibility index (Phi) is 4.49. The van der Waals surface area contributed by atoms with Gasteiger partial charge in [0.15, 0.2) is 0 Å². The van der Waals surface area contributed by atoms with Crippen molar-refractivity contribution in [3.63, 3.8) is 0 Å². The quantitative estimate of drug-likeness (QED) is 0.507. The number of nitro groups is 1. The highest BCUT2D eigenvalue weighted by Gasteiger charge is 2.24. The third kappa shape index (κ3) is 3.30. The van der Waals surface area contributed by atoms with Gasteiger partial charge >= 0.3 is 5.69 Å². The van der Waals surface area contributed by atoms with Crippen LogP contribution < -0.4 is 5.32 Å². The van der Waals surface area contributed by atoms with Crippen molar-refractivity contribution in [2.75, 3.05) is 18.5 Å². The fraction of sp³-hybridized carbons (Fsp3) is 0.636. The molecule has 104 valence electrons. The van der Waals surface area contributed by atoms with Crippen LogP contribution in [0.4, 0.5) is 11.5 Å². The minimum atomic E-state index is -0.570. The van der Waals surface area contributed by atoms with E-state index in [2.05, 4.69) is 15.3 Å². The molecule has 1 atom stereocenters. The van der Waals surface area contributed by atoms with E-state index in [9.17, 15) is 10.1 Å². The number of ether oxygens (including phenoxy) is 1. The van der Waals surface area contributed by atoms with Crippen LogP contribution in [0.2, 0.25) is 5.15 Å². The highest BCUT2D eigenvalue weighted by Crippen LogP contribution is 2.29. The Morgan fingerprint density at radius 3 is 2.95 bits per heavy atom. The number of anilines is 1. The first-order chi connectivity index (χ1) is 9.11. The van der Waals surface area contributed by atoms with Crippen molar-refractivity contribution >= 4 is 23.1 Å². The summed E-state index contributed by atoms with van der Waals surface area (Å²) in [5, 5.41) is 13.8. The van der Waals surface area contributed by atoms with E-state index in [1.807, 2.05) is 6.92 Å². The molecule has 1 aliphatic rings. The molecule has 1 aromatic rings. The summed E-state index contributed by atoms with van der Waals surface area (Å²) in [7, 11) is 0. The highest BCUT2D eigenvalue weighted by atomic mass is 35.5. The number of hydrogen-bond donors (Lipinski definition) is 1. The molecule has 7 nitrogen and oxygen atoms in total. The number of halogens is 1. The maximum absolute atomic E-state index is 11.0. The fourth-order valence-electron chi connectivity index (χ4n) is 1.93. The average Bonchev–Trinajstić information content (AvgIpc) is 2.88. The van der Waals surface area contributed by atoms with Crippen molar-refractivity contribution in [1.82, 2.24) is 9.97 Å². The lowest BCUT2D eigenvalue weighted by atomic mass is 10.2. The van der Waals surface area contributed by atoms with Crippen LogP contribution in [0.3, 0.4) is 0 Å². The van der Waals surface area contributed by atoms with E-state index in [1.165, 1.54) is 0 Å². The van der Waals surface area contributed by atoms with Crippen LogP contribution in [0.25, 0.3) is 0 Å². The van der Waals surface area contributed by atoms with E-state index < -0.39 is 4.92 Å². The van der Waals surface area contributed by atoms with Gasteiger partial charge in [-0.25, -0.2) is 9.97 Å². The third-order valence-electron chi connectivity index (χ3n) is 2.91. The maximum Gasteiger partial charge on any atom is 0.348 e. The van der Waals surface area contributed by atoms with Crippen molar-refractivity contribution in [3.05, 3.63) is 21.1 Å². The van der Waals surface area contributed by atoms with Gasteiger partial charge < -0.3 is 10.1 Å². The maximum atomic E-state index is 11.0. The van der Waals surface area contributed by atoms with Crippen LogP contribution in [0, 0.1) is 10.1 Å². The van der Waals surface area contributed by atoms with Gasteiger partial charge in [0, 0.05) is 19.6 Å². The molecule has 1 aromatic heterocycles. The summed E-state index contributed by atoms with van der Waals surface area (Å²) in [5.41, 5.74) is -0.281. The molecule has 0 bridgehead atoms. The normalized spacial score (nSPS) is 18.5. The number of rotatable bonds is 5. The standard InChI is InChI=1S/C11H15ClN4O3/c1-2-8-14-10(12)9(16(17)18)11(15-8)13-6-7-4-3-5-19-7/h7H,2-6H2,1H3,(H,13,14,15). The van der Waals surface area contributed by atoms with Crippen molar-refractivity contribution in [1.29, 1.82) is 0 Å². The largest absolute Gasteiger partial charge is 0.376 e. The van der Waals surface area contributed by atoms with Crippen molar-refractivity contribution in [3.8, 4) is 0 Å². The molecular formula is C11H15ClN4O3. The molecule has 0 radical (unpaired) electrons. The lowest BCUT2D eigenvalue weighted by Gasteiger charge is -2.12. The zero-order valence-electron chi connectivity index (χ0n) is 10.6. The van der Waals surface area contributed by atoms with Gasteiger partial charge in [-0.05, 0) is 12.8 Å². The first kappa shape index (κ1) is 14.0. The molecule has 1 fully saturated rings. The monoisotopic (exact) mass is 286 g/mol. The van der Waals surface area contributed by atoms with Crippen molar-refractivity contribution in [2.45, 2.75) is 32.3 Å². The summed E-state index contributed by atoms with van der Waals surface area (Å²) in [6.07, 6.45) is 2.59. The summed E-state index contributed by atoms with van der Waals surface area (Å²) in [5.74, 6) is 0.641. The Morgan fingerprint density at radius 2 is 2.37 bits per heavy atom. The molecule has 1 saturated heterocycles.